The number of halogens is 1. The van der Waals surface area contributed by atoms with Crippen LogP contribution in [0.5, 0.6) is 0 Å². The Morgan fingerprint density at radius 2 is 2.14 bits per heavy atom. The Bertz CT molecular complexity index is 736. The third-order valence-electron chi connectivity index (χ3n) is 2.84. The van der Waals surface area contributed by atoms with E-state index in [4.69, 9.17) is 11.6 Å². The Morgan fingerprint density at radius 1 is 1.29 bits per heavy atom. The van der Waals surface area contributed by atoms with E-state index in [1.807, 2.05) is 25.2 Å². The average Bonchev–Trinajstić information content (AvgIpc) is 3.10. The molecule has 0 spiro atoms. The third-order valence-corrected chi connectivity index (χ3v) is 3.01. The van der Waals surface area contributed by atoms with E-state index in [-0.39, 0.29) is 5.28 Å². The van der Waals surface area contributed by atoms with Gasteiger partial charge >= 0.3 is 0 Å². The number of imidazole rings is 1. The first kappa shape index (κ1) is 13.5. The largest absolute Gasteiger partial charge is 0.339 e. The molecule has 0 aromatic carbocycles. The van der Waals surface area contributed by atoms with Crippen LogP contribution in [-0.4, -0.2) is 41.3 Å². The summed E-state index contributed by atoms with van der Waals surface area (Å²) in [4.78, 5) is 18.5. The van der Waals surface area contributed by atoms with Gasteiger partial charge in [0, 0.05) is 44.8 Å². The number of aromatic nitrogens is 7. The van der Waals surface area contributed by atoms with E-state index >= 15 is 0 Å². The highest BCUT2D eigenvalue weighted by Crippen LogP contribution is 2.14. The van der Waals surface area contributed by atoms with Crippen LogP contribution in [0.1, 0.15) is 5.56 Å². The Morgan fingerprint density at radius 3 is 2.81 bits per heavy atom. The predicted octanol–water partition coefficient (Wildman–Crippen LogP) is 1.08. The summed E-state index contributed by atoms with van der Waals surface area (Å²) in [5.41, 5.74) is 1.06. The van der Waals surface area contributed by atoms with Crippen LogP contribution >= 0.6 is 11.6 Å². The maximum absolute atomic E-state index is 5.98. The molecule has 0 atom stereocenters. The Hall–Kier alpha value is -2.48. The van der Waals surface area contributed by atoms with Gasteiger partial charge in [-0.25, -0.2) is 4.98 Å². The molecule has 0 radical (unpaired) electrons. The normalized spacial score (nSPS) is 10.8. The van der Waals surface area contributed by atoms with Gasteiger partial charge < -0.3 is 4.90 Å². The fourth-order valence-corrected chi connectivity index (χ4v) is 2.04. The van der Waals surface area contributed by atoms with Gasteiger partial charge in [-0.15, -0.1) is 0 Å². The van der Waals surface area contributed by atoms with Crippen molar-refractivity contribution >= 4 is 17.5 Å². The lowest BCUT2D eigenvalue weighted by molar-refractivity contribution is 0.765. The second-order valence-corrected chi connectivity index (χ2v) is 4.89. The molecule has 0 saturated carbocycles. The summed E-state index contributed by atoms with van der Waals surface area (Å²) in [6.45, 7) is 0.623. The molecular weight excluding hydrogens is 292 g/mol. The van der Waals surface area contributed by atoms with Crippen LogP contribution in [-0.2, 0) is 13.6 Å². The number of nitrogens with zero attached hydrogens (tertiary/aromatic N) is 8. The van der Waals surface area contributed by atoms with Gasteiger partial charge in [0.25, 0.3) is 0 Å². The molecule has 108 valence electrons. The molecule has 9 heteroatoms. The van der Waals surface area contributed by atoms with Crippen molar-refractivity contribution in [2.24, 2.45) is 7.05 Å². The van der Waals surface area contributed by atoms with E-state index in [0.29, 0.717) is 18.4 Å². The van der Waals surface area contributed by atoms with Crippen LogP contribution in [0.4, 0.5) is 5.95 Å². The highest BCUT2D eigenvalue weighted by Gasteiger charge is 2.11. The molecule has 0 saturated heterocycles. The first-order valence-corrected chi connectivity index (χ1v) is 6.58. The number of anilines is 1. The zero-order valence-corrected chi connectivity index (χ0v) is 12.3. The predicted molar refractivity (Wildman–Crippen MR) is 77.3 cm³/mol. The fraction of sp³-hybridized carbons (Fsp3) is 0.250. The van der Waals surface area contributed by atoms with Gasteiger partial charge in [-0.05, 0) is 11.6 Å². The second kappa shape index (κ2) is 5.49. The number of hydrogen-bond acceptors (Lipinski definition) is 6. The lowest BCUT2D eigenvalue weighted by atomic mass is 10.3. The third kappa shape index (κ3) is 3.00. The summed E-state index contributed by atoms with van der Waals surface area (Å²) >= 11 is 5.98. The van der Waals surface area contributed by atoms with Gasteiger partial charge in [-0.3, -0.25) is 9.25 Å². The zero-order valence-electron chi connectivity index (χ0n) is 11.5. The van der Waals surface area contributed by atoms with Crippen molar-refractivity contribution in [1.82, 2.24) is 34.3 Å². The lowest BCUT2D eigenvalue weighted by Crippen LogP contribution is -2.20. The molecule has 3 rings (SSSR count). The Kier molecular flexibility index (Phi) is 3.53. The summed E-state index contributed by atoms with van der Waals surface area (Å²) in [6, 6.07) is 0. The molecular formula is C12H13ClN8. The Labute approximate surface area is 126 Å². The van der Waals surface area contributed by atoms with Gasteiger partial charge in [-0.2, -0.15) is 20.1 Å². The average molecular weight is 305 g/mol. The van der Waals surface area contributed by atoms with Crippen molar-refractivity contribution in [3.8, 4) is 5.95 Å². The van der Waals surface area contributed by atoms with Crippen molar-refractivity contribution in [1.29, 1.82) is 0 Å². The standard InChI is InChI=1S/C12H13ClN8/c1-19(6-9-5-15-20(2)7-9)11-16-10(13)17-12(18-11)21-4-3-14-8-21/h3-5,7-8H,6H2,1-2H3. The minimum Gasteiger partial charge on any atom is -0.339 e. The maximum Gasteiger partial charge on any atom is 0.241 e. The minimum absolute atomic E-state index is 0.140. The number of rotatable bonds is 4. The first-order valence-electron chi connectivity index (χ1n) is 6.20. The zero-order chi connectivity index (χ0) is 14.8. The molecule has 0 aliphatic carbocycles. The van der Waals surface area contributed by atoms with Crippen molar-refractivity contribution in [3.05, 3.63) is 42.0 Å². The smallest absolute Gasteiger partial charge is 0.241 e. The Balaban J connectivity index is 1.87. The van der Waals surface area contributed by atoms with Crippen molar-refractivity contribution in [2.45, 2.75) is 6.54 Å². The van der Waals surface area contributed by atoms with Crippen LogP contribution in [0.25, 0.3) is 5.95 Å². The van der Waals surface area contributed by atoms with Gasteiger partial charge in [0.15, 0.2) is 0 Å². The first-order chi connectivity index (χ1) is 10.1. The molecule has 0 unspecified atom stereocenters. The number of aryl methyl sites for hydroxylation is 1. The van der Waals surface area contributed by atoms with Crippen LogP contribution in [0.15, 0.2) is 31.1 Å². The van der Waals surface area contributed by atoms with E-state index in [9.17, 15) is 0 Å². The molecule has 0 amide bonds. The van der Waals surface area contributed by atoms with Crippen LogP contribution in [0.2, 0.25) is 5.28 Å². The van der Waals surface area contributed by atoms with Crippen LogP contribution in [0.3, 0.4) is 0 Å². The molecule has 3 aromatic rings. The fourth-order valence-electron chi connectivity index (χ4n) is 1.89. The van der Waals surface area contributed by atoms with Gasteiger partial charge in [0.05, 0.1) is 6.20 Å². The van der Waals surface area contributed by atoms with Crippen molar-refractivity contribution in [3.63, 3.8) is 0 Å². The SMILES string of the molecule is CN(Cc1cnn(C)c1)c1nc(Cl)nc(-n2ccnc2)n1. The monoisotopic (exact) mass is 304 g/mol. The summed E-state index contributed by atoms with van der Waals surface area (Å²) in [6.07, 6.45) is 8.75. The summed E-state index contributed by atoms with van der Waals surface area (Å²) in [5.74, 6) is 0.920. The molecule has 0 aliphatic rings. The van der Waals surface area contributed by atoms with Crippen LogP contribution in [0, 0.1) is 0 Å². The highest BCUT2D eigenvalue weighted by atomic mass is 35.5. The topological polar surface area (TPSA) is 77.5 Å². The van der Waals surface area contributed by atoms with E-state index in [2.05, 4.69) is 25.0 Å². The van der Waals surface area contributed by atoms with Crippen LogP contribution < -0.4 is 4.90 Å². The molecule has 0 fully saturated rings. The second-order valence-electron chi connectivity index (χ2n) is 4.55. The molecule has 3 aromatic heterocycles. The molecule has 0 bridgehead atoms. The summed E-state index contributed by atoms with van der Waals surface area (Å²) in [5, 5.41) is 4.28. The van der Waals surface area contributed by atoms with Gasteiger partial charge in [0.1, 0.15) is 6.33 Å². The van der Waals surface area contributed by atoms with Gasteiger partial charge in [-0.1, -0.05) is 0 Å². The van der Waals surface area contributed by atoms with Crippen molar-refractivity contribution in [2.75, 3.05) is 11.9 Å². The lowest BCUT2D eigenvalue weighted by Gasteiger charge is -2.16. The maximum atomic E-state index is 5.98. The summed E-state index contributed by atoms with van der Waals surface area (Å²) < 4.78 is 3.43. The van der Waals surface area contributed by atoms with E-state index in [1.54, 1.807) is 34.2 Å². The highest BCUT2D eigenvalue weighted by molar-refractivity contribution is 6.28. The molecule has 21 heavy (non-hydrogen) atoms. The van der Waals surface area contributed by atoms with Crippen molar-refractivity contribution < 1.29 is 0 Å². The molecule has 8 nitrogen and oxygen atoms in total. The van der Waals surface area contributed by atoms with Gasteiger partial charge in [0.2, 0.25) is 17.2 Å². The van der Waals surface area contributed by atoms with E-state index < -0.39 is 0 Å². The number of hydrogen-bond donors (Lipinski definition) is 0. The van der Waals surface area contributed by atoms with E-state index in [1.165, 1.54) is 0 Å². The molecule has 0 aliphatic heterocycles. The molecule has 0 N–H and O–H groups in total. The van der Waals surface area contributed by atoms with E-state index in [0.717, 1.165) is 5.56 Å². The summed E-state index contributed by atoms with van der Waals surface area (Å²) in [7, 11) is 3.76. The molecule has 3 heterocycles. The quantitative estimate of drug-likeness (QED) is 0.718. The minimum atomic E-state index is 0.140.